The average Bonchev–Trinajstić information content (AvgIpc) is 3.58. The Hall–Kier alpha value is -3.73. The molecule has 1 atom stereocenters. The number of anilines is 4. The van der Waals surface area contributed by atoms with Crippen molar-refractivity contribution >= 4 is 29.0 Å². The summed E-state index contributed by atoms with van der Waals surface area (Å²) in [5, 5.41) is 11.6. The number of amides is 1. The summed E-state index contributed by atoms with van der Waals surface area (Å²) >= 11 is 0. The van der Waals surface area contributed by atoms with Crippen molar-refractivity contribution in [2.24, 2.45) is 0 Å². The van der Waals surface area contributed by atoms with E-state index in [4.69, 9.17) is 14.1 Å². The van der Waals surface area contributed by atoms with Crippen LogP contribution in [0.25, 0.3) is 11.5 Å². The molecule has 37 heavy (non-hydrogen) atoms. The molecule has 0 spiro atoms. The summed E-state index contributed by atoms with van der Waals surface area (Å²) in [5.41, 5.74) is 2.20. The van der Waals surface area contributed by atoms with E-state index in [9.17, 15) is 4.79 Å². The SMILES string of the molecule is CCC1C(=O)N(C)c2cnc(Nc3ccc(-c4nnc(CN(C)C)o4)cc3OC)nc2N1C1CCCC1. The van der Waals surface area contributed by atoms with Gasteiger partial charge in [0.05, 0.1) is 25.5 Å². The van der Waals surface area contributed by atoms with Gasteiger partial charge in [-0.1, -0.05) is 19.8 Å². The van der Waals surface area contributed by atoms with Crippen LogP contribution in [0.3, 0.4) is 0 Å². The van der Waals surface area contributed by atoms with E-state index < -0.39 is 0 Å². The van der Waals surface area contributed by atoms with Crippen molar-refractivity contribution in [3.63, 3.8) is 0 Å². The highest BCUT2D eigenvalue weighted by molar-refractivity contribution is 6.04. The molecular weight excluding hydrogens is 472 g/mol. The van der Waals surface area contributed by atoms with Gasteiger partial charge in [0.1, 0.15) is 17.5 Å². The Kier molecular flexibility index (Phi) is 6.96. The summed E-state index contributed by atoms with van der Waals surface area (Å²) in [5.74, 6) is 2.90. The summed E-state index contributed by atoms with van der Waals surface area (Å²) in [7, 11) is 7.30. The number of ether oxygens (including phenoxy) is 1. The minimum Gasteiger partial charge on any atom is -0.495 e. The van der Waals surface area contributed by atoms with Crippen molar-refractivity contribution in [1.29, 1.82) is 0 Å². The van der Waals surface area contributed by atoms with Crippen LogP contribution in [0, 0.1) is 0 Å². The molecule has 5 rings (SSSR count). The normalized spacial score (nSPS) is 18.0. The molecule has 1 N–H and O–H groups in total. The first kappa shape index (κ1) is 24.9. The van der Waals surface area contributed by atoms with E-state index in [1.807, 2.05) is 37.2 Å². The number of fused-ring (bicyclic) bond motifs is 1. The molecule has 2 aliphatic rings. The zero-order valence-corrected chi connectivity index (χ0v) is 22.1. The van der Waals surface area contributed by atoms with E-state index in [1.165, 1.54) is 12.8 Å². The Morgan fingerprint density at radius 2 is 2.00 bits per heavy atom. The Morgan fingerprint density at radius 1 is 1.22 bits per heavy atom. The summed E-state index contributed by atoms with van der Waals surface area (Å²) < 4.78 is 11.5. The smallest absolute Gasteiger partial charge is 0.249 e. The van der Waals surface area contributed by atoms with Crippen LogP contribution in [-0.4, -0.2) is 71.3 Å². The van der Waals surface area contributed by atoms with Crippen LogP contribution in [0.1, 0.15) is 44.9 Å². The topological polar surface area (TPSA) is 113 Å². The minimum absolute atomic E-state index is 0.0956. The molecule has 1 aromatic carbocycles. The number of hydrogen-bond donors (Lipinski definition) is 1. The van der Waals surface area contributed by atoms with Gasteiger partial charge >= 0.3 is 0 Å². The van der Waals surface area contributed by atoms with Crippen molar-refractivity contribution in [1.82, 2.24) is 25.1 Å². The van der Waals surface area contributed by atoms with Crippen LogP contribution in [-0.2, 0) is 11.3 Å². The molecule has 1 saturated carbocycles. The summed E-state index contributed by atoms with van der Waals surface area (Å²) in [6, 6.07) is 5.71. The van der Waals surface area contributed by atoms with Crippen LogP contribution in [0.15, 0.2) is 28.8 Å². The van der Waals surface area contributed by atoms with Crippen molar-refractivity contribution < 1.29 is 13.9 Å². The van der Waals surface area contributed by atoms with E-state index >= 15 is 0 Å². The quantitative estimate of drug-likeness (QED) is 0.483. The van der Waals surface area contributed by atoms with Gasteiger partial charge in [-0.3, -0.25) is 4.79 Å². The fourth-order valence-electron chi connectivity index (χ4n) is 5.20. The highest BCUT2D eigenvalue weighted by Gasteiger charge is 2.41. The van der Waals surface area contributed by atoms with Gasteiger partial charge in [0.25, 0.3) is 0 Å². The van der Waals surface area contributed by atoms with Gasteiger partial charge in [0, 0.05) is 18.7 Å². The molecule has 3 heterocycles. The predicted molar refractivity (Wildman–Crippen MR) is 141 cm³/mol. The lowest BCUT2D eigenvalue weighted by molar-refractivity contribution is -0.120. The second-order valence-corrected chi connectivity index (χ2v) is 9.85. The number of aromatic nitrogens is 4. The first-order valence-electron chi connectivity index (χ1n) is 12.7. The molecule has 0 saturated heterocycles. The van der Waals surface area contributed by atoms with Crippen molar-refractivity contribution in [3.05, 3.63) is 30.3 Å². The lowest BCUT2D eigenvalue weighted by Crippen LogP contribution is -2.55. The van der Waals surface area contributed by atoms with Crippen molar-refractivity contribution in [3.8, 4) is 17.2 Å². The zero-order valence-electron chi connectivity index (χ0n) is 22.1. The average molecular weight is 507 g/mol. The van der Waals surface area contributed by atoms with Gasteiger partial charge in [-0.15, -0.1) is 10.2 Å². The summed E-state index contributed by atoms with van der Waals surface area (Å²) in [6.07, 6.45) is 6.94. The third-order valence-corrected chi connectivity index (χ3v) is 7.03. The summed E-state index contributed by atoms with van der Waals surface area (Å²) in [6.45, 7) is 2.62. The molecule has 1 unspecified atom stereocenters. The third-order valence-electron chi connectivity index (χ3n) is 7.03. The number of methoxy groups -OCH3 is 1. The van der Waals surface area contributed by atoms with Gasteiger partial charge in [-0.25, -0.2) is 4.98 Å². The molecule has 11 nitrogen and oxygen atoms in total. The predicted octanol–water partition coefficient (Wildman–Crippen LogP) is 3.84. The number of likely N-dealkylation sites (N-methyl/N-ethyl adjacent to an activating group) is 1. The van der Waals surface area contributed by atoms with Gasteiger partial charge in [0.15, 0.2) is 5.82 Å². The Labute approximate surface area is 216 Å². The number of nitrogens with one attached hydrogen (secondary N) is 1. The Balaban J connectivity index is 1.44. The molecule has 1 amide bonds. The van der Waals surface area contributed by atoms with Gasteiger partial charge < -0.3 is 29.2 Å². The van der Waals surface area contributed by atoms with E-state index in [0.29, 0.717) is 41.8 Å². The second-order valence-electron chi connectivity index (χ2n) is 9.85. The molecule has 2 aromatic heterocycles. The molecule has 0 bridgehead atoms. The van der Waals surface area contributed by atoms with Crippen LogP contribution >= 0.6 is 0 Å². The maximum atomic E-state index is 13.1. The fourth-order valence-corrected chi connectivity index (χ4v) is 5.20. The lowest BCUT2D eigenvalue weighted by atomic mass is 10.0. The zero-order chi connectivity index (χ0) is 26.1. The van der Waals surface area contributed by atoms with E-state index in [2.05, 4.69) is 32.3 Å². The van der Waals surface area contributed by atoms with E-state index in [1.54, 1.807) is 25.3 Å². The number of carbonyl (C=O) groups is 1. The maximum Gasteiger partial charge on any atom is 0.249 e. The first-order chi connectivity index (χ1) is 17.9. The van der Waals surface area contributed by atoms with Crippen LogP contribution in [0.5, 0.6) is 5.75 Å². The highest BCUT2D eigenvalue weighted by Crippen LogP contribution is 2.40. The minimum atomic E-state index is -0.219. The fraction of sp³-hybridized carbons (Fsp3) is 0.500. The van der Waals surface area contributed by atoms with Gasteiger partial charge in [-0.2, -0.15) is 4.98 Å². The third kappa shape index (κ3) is 4.83. The van der Waals surface area contributed by atoms with Crippen molar-refractivity contribution in [2.75, 3.05) is 43.4 Å². The molecule has 196 valence electrons. The molecular formula is C26H34N8O3. The molecule has 1 fully saturated rings. The van der Waals surface area contributed by atoms with Crippen LogP contribution < -0.4 is 19.9 Å². The van der Waals surface area contributed by atoms with Crippen LogP contribution in [0.4, 0.5) is 23.1 Å². The molecule has 1 aliphatic heterocycles. The highest BCUT2D eigenvalue weighted by atomic mass is 16.5. The van der Waals surface area contributed by atoms with Gasteiger partial charge in [-0.05, 0) is 51.6 Å². The number of hydrogen-bond acceptors (Lipinski definition) is 10. The van der Waals surface area contributed by atoms with Crippen LogP contribution in [0.2, 0.25) is 0 Å². The number of nitrogens with zero attached hydrogens (tertiary/aromatic N) is 7. The Morgan fingerprint density at radius 3 is 2.70 bits per heavy atom. The molecule has 3 aromatic rings. The largest absolute Gasteiger partial charge is 0.495 e. The van der Waals surface area contributed by atoms with Crippen molar-refractivity contribution in [2.45, 2.75) is 57.7 Å². The number of carbonyl (C=O) groups excluding carboxylic acids is 1. The number of rotatable bonds is 8. The maximum absolute atomic E-state index is 13.1. The van der Waals surface area contributed by atoms with E-state index in [-0.39, 0.29) is 11.9 Å². The molecule has 0 radical (unpaired) electrons. The van der Waals surface area contributed by atoms with E-state index in [0.717, 1.165) is 36.3 Å². The lowest BCUT2D eigenvalue weighted by Gasteiger charge is -2.43. The summed E-state index contributed by atoms with van der Waals surface area (Å²) in [4.78, 5) is 28.5. The standard InChI is InChI=1S/C26H34N8O3/c1-6-19-25(35)33(4)20-14-27-26(29-23(20)34(19)17-9-7-8-10-17)28-18-12-11-16(13-21(18)36-5)24-31-30-22(37-24)15-32(2)3/h11-14,17,19H,6-10,15H2,1-5H3,(H,27,28,29). The monoisotopic (exact) mass is 506 g/mol. The first-order valence-corrected chi connectivity index (χ1v) is 12.7. The molecule has 1 aliphatic carbocycles. The van der Waals surface area contributed by atoms with Gasteiger partial charge in [0.2, 0.25) is 23.6 Å². The molecule has 11 heteroatoms. The Bertz CT molecular complexity index is 1270. The second kappa shape index (κ2) is 10.3. The number of benzene rings is 1.